The van der Waals surface area contributed by atoms with E-state index >= 15 is 0 Å². The molecule has 0 fully saturated rings. The zero-order valence-electron chi connectivity index (χ0n) is 27.8. The minimum atomic E-state index is -1.62. The summed E-state index contributed by atoms with van der Waals surface area (Å²) in [5.41, 5.74) is 8.40. The molecule has 49 heavy (non-hydrogen) atoms. The van der Waals surface area contributed by atoms with E-state index in [2.05, 4.69) is 142 Å². The molecule has 0 saturated heterocycles. The number of pyridine rings is 3. The van der Waals surface area contributed by atoms with Crippen molar-refractivity contribution in [2.24, 2.45) is 0 Å². The minimum Gasteiger partial charge on any atom is -0.265 e. The van der Waals surface area contributed by atoms with Crippen molar-refractivity contribution in [1.82, 2.24) is 15.0 Å². The maximum atomic E-state index is 4.93. The van der Waals surface area contributed by atoms with Crippen LogP contribution >= 0.6 is 30.1 Å². The van der Waals surface area contributed by atoms with Crippen LogP contribution in [0.4, 0.5) is 0 Å². The Balaban J connectivity index is 0.000000188. The predicted molar refractivity (Wildman–Crippen MR) is 206 cm³/mol. The van der Waals surface area contributed by atoms with Crippen molar-refractivity contribution in [1.29, 1.82) is 0 Å². The van der Waals surface area contributed by atoms with Gasteiger partial charge in [0.25, 0.3) is 0 Å². The van der Waals surface area contributed by atoms with E-state index in [9.17, 15) is 0 Å². The second-order valence-corrected chi connectivity index (χ2v) is 17.6. The molecule has 3 nitrogen and oxygen atoms in total. The van der Waals surface area contributed by atoms with Crippen molar-refractivity contribution in [2.45, 2.75) is 57.8 Å². The van der Waals surface area contributed by atoms with E-state index in [1.54, 1.807) is 0 Å². The third kappa shape index (κ3) is 20.6. The molecule has 0 amide bonds. The second kappa shape index (κ2) is 26.4. The van der Waals surface area contributed by atoms with E-state index in [0.29, 0.717) is 0 Å². The number of rotatable bonds is 12. The molecular formula is C42H45Cl3CrN3. The SMILES string of the molecule is [Cl][Cr]([Cl])[Cl].c1ccc(CCCc2ccncc2)cc1.c1ccc(CCCc2ccncc2)cc1.c1ccc(CCCc2ccncc2)cc1. The minimum absolute atomic E-state index is 1.14. The molecule has 0 aliphatic heterocycles. The Morgan fingerprint density at radius 3 is 0.694 bits per heavy atom. The normalized spacial score (nSPS) is 10.0. The van der Waals surface area contributed by atoms with Gasteiger partial charge in [-0.1, -0.05) is 91.0 Å². The number of benzene rings is 3. The van der Waals surface area contributed by atoms with Crippen LogP contribution in [-0.4, -0.2) is 15.0 Å². The fraction of sp³-hybridized carbons (Fsp3) is 0.214. The van der Waals surface area contributed by atoms with Gasteiger partial charge in [-0.15, -0.1) is 0 Å². The van der Waals surface area contributed by atoms with E-state index in [0.717, 1.165) is 38.5 Å². The molecule has 3 aromatic heterocycles. The number of nitrogens with zero attached hydrogens (tertiary/aromatic N) is 3. The molecule has 3 heterocycles. The zero-order valence-corrected chi connectivity index (χ0v) is 31.4. The molecule has 6 aromatic rings. The summed E-state index contributed by atoms with van der Waals surface area (Å²) in [6, 6.07) is 44.4. The van der Waals surface area contributed by atoms with Crippen molar-refractivity contribution < 1.29 is 11.4 Å². The van der Waals surface area contributed by atoms with Gasteiger partial charge >= 0.3 is 41.5 Å². The molecule has 0 unspecified atom stereocenters. The van der Waals surface area contributed by atoms with Crippen LogP contribution in [-0.2, 0) is 49.9 Å². The molecule has 0 spiro atoms. The van der Waals surface area contributed by atoms with Gasteiger partial charge in [-0.2, -0.15) is 0 Å². The number of aromatic nitrogens is 3. The van der Waals surface area contributed by atoms with Crippen LogP contribution in [0, 0.1) is 0 Å². The van der Waals surface area contributed by atoms with Crippen LogP contribution in [0.15, 0.2) is 165 Å². The summed E-state index contributed by atoms with van der Waals surface area (Å²) >= 11 is -1.62. The van der Waals surface area contributed by atoms with Crippen LogP contribution in [0.2, 0.25) is 0 Å². The Bertz CT molecular complexity index is 1280. The molecule has 0 radical (unpaired) electrons. The van der Waals surface area contributed by atoms with Crippen LogP contribution in [0.1, 0.15) is 52.6 Å². The quantitative estimate of drug-likeness (QED) is 0.125. The van der Waals surface area contributed by atoms with E-state index in [1.807, 2.05) is 37.2 Å². The summed E-state index contributed by atoms with van der Waals surface area (Å²) in [4.78, 5) is 12.0. The summed E-state index contributed by atoms with van der Waals surface area (Å²) in [5, 5.41) is 0. The van der Waals surface area contributed by atoms with Gasteiger partial charge in [0, 0.05) is 37.2 Å². The van der Waals surface area contributed by atoms with Crippen molar-refractivity contribution in [3.63, 3.8) is 0 Å². The Hall–Kier alpha value is -3.49. The summed E-state index contributed by atoms with van der Waals surface area (Å²) < 4.78 is 0. The molecule has 0 bridgehead atoms. The Labute approximate surface area is 310 Å². The van der Waals surface area contributed by atoms with Gasteiger partial charge in [0.05, 0.1) is 0 Å². The van der Waals surface area contributed by atoms with Crippen LogP contribution in [0.5, 0.6) is 0 Å². The molecule has 0 aliphatic carbocycles. The van der Waals surface area contributed by atoms with E-state index in [4.69, 9.17) is 30.1 Å². The predicted octanol–water partition coefficient (Wildman–Crippen LogP) is 11.8. The smallest absolute Gasteiger partial charge is 0.0270 e. The number of halogens is 3. The first kappa shape index (κ1) is 39.9. The number of hydrogen-bond acceptors (Lipinski definition) is 3. The summed E-state index contributed by atoms with van der Waals surface area (Å²) in [6.07, 6.45) is 21.6. The molecule has 6 rings (SSSR count). The van der Waals surface area contributed by atoms with Gasteiger partial charge in [0.1, 0.15) is 0 Å². The third-order valence-electron chi connectivity index (χ3n) is 7.57. The Morgan fingerprint density at radius 1 is 0.306 bits per heavy atom. The maximum Gasteiger partial charge on any atom is 0.0270 e. The number of aryl methyl sites for hydroxylation is 6. The van der Waals surface area contributed by atoms with Gasteiger partial charge in [-0.25, -0.2) is 0 Å². The molecule has 0 aliphatic rings. The average Bonchev–Trinajstić information content (AvgIpc) is 3.15. The zero-order chi connectivity index (χ0) is 34.6. The average molecular weight is 750 g/mol. The van der Waals surface area contributed by atoms with Gasteiger partial charge in [0.15, 0.2) is 0 Å². The van der Waals surface area contributed by atoms with E-state index < -0.39 is 11.4 Å². The second-order valence-electron chi connectivity index (χ2n) is 11.3. The number of hydrogen-bond donors (Lipinski definition) is 0. The summed E-state index contributed by atoms with van der Waals surface area (Å²) in [6.45, 7) is 0. The van der Waals surface area contributed by atoms with Crippen molar-refractivity contribution in [3.05, 3.63) is 198 Å². The first-order chi connectivity index (χ1) is 24.1. The molecule has 0 atom stereocenters. The fourth-order valence-electron chi connectivity index (χ4n) is 5.07. The van der Waals surface area contributed by atoms with Crippen LogP contribution < -0.4 is 0 Å². The van der Waals surface area contributed by atoms with Crippen molar-refractivity contribution in [3.8, 4) is 0 Å². The Kier molecular flexibility index (Phi) is 21.5. The molecule has 7 heteroatoms. The molecular weight excluding hydrogens is 705 g/mol. The maximum absolute atomic E-state index is 4.93. The summed E-state index contributed by atoms with van der Waals surface area (Å²) in [7, 11) is 14.8. The van der Waals surface area contributed by atoms with E-state index in [-0.39, 0.29) is 0 Å². The molecule has 0 N–H and O–H groups in total. The van der Waals surface area contributed by atoms with Crippen molar-refractivity contribution >= 4 is 30.1 Å². The monoisotopic (exact) mass is 748 g/mol. The molecule has 0 saturated carbocycles. The van der Waals surface area contributed by atoms with Crippen LogP contribution in [0.25, 0.3) is 0 Å². The summed E-state index contributed by atoms with van der Waals surface area (Å²) in [5.74, 6) is 0. The van der Waals surface area contributed by atoms with Gasteiger partial charge in [0.2, 0.25) is 0 Å². The van der Waals surface area contributed by atoms with E-state index in [1.165, 1.54) is 52.6 Å². The molecule has 255 valence electrons. The Morgan fingerprint density at radius 2 is 0.490 bits per heavy atom. The first-order valence-corrected chi connectivity index (χ1v) is 21.9. The third-order valence-corrected chi connectivity index (χ3v) is 7.57. The van der Waals surface area contributed by atoms with Crippen molar-refractivity contribution in [2.75, 3.05) is 0 Å². The van der Waals surface area contributed by atoms with Crippen LogP contribution in [0.3, 0.4) is 0 Å². The topological polar surface area (TPSA) is 38.7 Å². The van der Waals surface area contributed by atoms with Gasteiger partial charge in [-0.3, -0.25) is 15.0 Å². The van der Waals surface area contributed by atoms with Gasteiger partial charge in [-0.05, 0) is 128 Å². The standard InChI is InChI=1S/3C14H15N.3ClH.Cr/c3*1-2-5-13(6-3-1)7-4-8-14-9-11-15-12-10-14;;;;/h3*1-3,5-6,9-12H,4,7-8H2;3*1H;/q;;;;;;+3/p-3. The molecule has 3 aromatic carbocycles. The largest absolute Gasteiger partial charge is 0.265 e. The first-order valence-electron chi connectivity index (χ1n) is 16.6. The fourth-order valence-corrected chi connectivity index (χ4v) is 5.07. The van der Waals surface area contributed by atoms with Gasteiger partial charge < -0.3 is 0 Å².